The van der Waals surface area contributed by atoms with Crippen molar-refractivity contribution in [3.63, 3.8) is 0 Å². The lowest BCUT2D eigenvalue weighted by atomic mass is 9.94. The predicted octanol–water partition coefficient (Wildman–Crippen LogP) is 4.15. The van der Waals surface area contributed by atoms with Gasteiger partial charge in [0.05, 0.1) is 6.04 Å². The molecule has 0 spiro atoms. The van der Waals surface area contributed by atoms with E-state index in [1.54, 1.807) is 0 Å². The molecule has 4 rings (SSSR count). The van der Waals surface area contributed by atoms with Crippen LogP contribution in [0.3, 0.4) is 0 Å². The molecule has 0 radical (unpaired) electrons. The summed E-state index contributed by atoms with van der Waals surface area (Å²) in [6.45, 7) is 0. The number of rotatable bonds is 2. The van der Waals surface area contributed by atoms with E-state index in [2.05, 4.69) is 35.2 Å². The van der Waals surface area contributed by atoms with Crippen LogP contribution in [0.15, 0.2) is 66.7 Å². The van der Waals surface area contributed by atoms with Crippen molar-refractivity contribution in [3.05, 3.63) is 77.9 Å². The molecule has 2 heteroatoms. The highest BCUT2D eigenvalue weighted by Gasteiger charge is 2.39. The van der Waals surface area contributed by atoms with Crippen molar-refractivity contribution in [2.75, 3.05) is 0 Å². The first-order valence-electron chi connectivity index (χ1n) is 7.97. The fourth-order valence-electron chi connectivity index (χ4n) is 3.74. The van der Waals surface area contributed by atoms with Gasteiger partial charge in [0.1, 0.15) is 0 Å². The van der Waals surface area contributed by atoms with Crippen molar-refractivity contribution in [1.29, 1.82) is 0 Å². The van der Waals surface area contributed by atoms with Crippen LogP contribution in [0.5, 0.6) is 0 Å². The van der Waals surface area contributed by atoms with E-state index in [1.807, 2.05) is 36.4 Å². The number of carbonyl (C=O) groups is 1. The lowest BCUT2D eigenvalue weighted by molar-refractivity contribution is 0.0692. The van der Waals surface area contributed by atoms with Crippen LogP contribution in [-0.4, -0.2) is 22.9 Å². The molecule has 2 aromatic rings. The fourth-order valence-corrected chi connectivity index (χ4v) is 3.74. The zero-order chi connectivity index (χ0) is 14.9. The van der Waals surface area contributed by atoms with Crippen LogP contribution in [0.4, 0.5) is 0 Å². The predicted molar refractivity (Wildman–Crippen MR) is 88.5 cm³/mol. The van der Waals surface area contributed by atoms with Gasteiger partial charge >= 0.3 is 0 Å². The van der Waals surface area contributed by atoms with E-state index in [9.17, 15) is 4.79 Å². The van der Waals surface area contributed by atoms with Crippen molar-refractivity contribution in [2.45, 2.75) is 31.3 Å². The molecule has 2 bridgehead atoms. The highest BCUT2D eigenvalue weighted by atomic mass is 16.2. The van der Waals surface area contributed by atoms with E-state index in [0.29, 0.717) is 6.04 Å². The smallest absolute Gasteiger partial charge is 0.254 e. The molecule has 2 unspecified atom stereocenters. The summed E-state index contributed by atoms with van der Waals surface area (Å²) in [5, 5.41) is 0. The Kier molecular flexibility index (Phi) is 3.30. The molecule has 0 aromatic heterocycles. The van der Waals surface area contributed by atoms with E-state index in [0.717, 1.165) is 24.8 Å². The van der Waals surface area contributed by atoms with E-state index < -0.39 is 0 Å². The minimum Gasteiger partial charge on any atom is -0.329 e. The van der Waals surface area contributed by atoms with Gasteiger partial charge in [-0.2, -0.15) is 0 Å². The van der Waals surface area contributed by atoms with Gasteiger partial charge in [-0.25, -0.2) is 0 Å². The van der Waals surface area contributed by atoms with Gasteiger partial charge < -0.3 is 4.90 Å². The number of fused-ring (bicyclic) bond motifs is 2. The van der Waals surface area contributed by atoms with Gasteiger partial charge in [0.2, 0.25) is 0 Å². The third-order valence-electron chi connectivity index (χ3n) is 4.80. The van der Waals surface area contributed by atoms with Gasteiger partial charge in [-0.05, 0) is 42.5 Å². The number of nitrogens with zero attached hydrogens (tertiary/aromatic N) is 1. The third kappa shape index (κ3) is 2.25. The van der Waals surface area contributed by atoms with Gasteiger partial charge in [-0.15, -0.1) is 0 Å². The van der Waals surface area contributed by atoms with Crippen LogP contribution in [0, 0.1) is 0 Å². The van der Waals surface area contributed by atoms with Gasteiger partial charge in [0, 0.05) is 11.6 Å². The molecule has 2 aliphatic heterocycles. The zero-order valence-electron chi connectivity index (χ0n) is 12.5. The molecule has 2 atom stereocenters. The lowest BCUT2D eigenvalue weighted by Crippen LogP contribution is -2.42. The SMILES string of the molecule is O=C(c1ccccc1)N1C2C=C(c3ccccc3)CC1CC2. The van der Waals surface area contributed by atoms with Crippen LogP contribution in [-0.2, 0) is 0 Å². The molecule has 22 heavy (non-hydrogen) atoms. The van der Waals surface area contributed by atoms with E-state index in [4.69, 9.17) is 0 Å². The first-order valence-corrected chi connectivity index (χ1v) is 7.97. The zero-order valence-corrected chi connectivity index (χ0v) is 12.5. The Bertz CT molecular complexity index is 705. The number of carbonyl (C=O) groups excluding carboxylic acids is 1. The van der Waals surface area contributed by atoms with E-state index in [1.165, 1.54) is 11.1 Å². The van der Waals surface area contributed by atoms with Crippen molar-refractivity contribution in [3.8, 4) is 0 Å². The summed E-state index contributed by atoms with van der Waals surface area (Å²) in [6.07, 6.45) is 5.47. The molecule has 1 amide bonds. The third-order valence-corrected chi connectivity index (χ3v) is 4.80. The van der Waals surface area contributed by atoms with Crippen molar-refractivity contribution < 1.29 is 4.79 Å². The summed E-state index contributed by atoms with van der Waals surface area (Å²) in [7, 11) is 0. The molecule has 1 saturated heterocycles. The van der Waals surface area contributed by atoms with Crippen LogP contribution in [0.1, 0.15) is 35.2 Å². The van der Waals surface area contributed by atoms with Crippen molar-refractivity contribution in [2.24, 2.45) is 0 Å². The maximum absolute atomic E-state index is 12.8. The lowest BCUT2D eigenvalue weighted by Gasteiger charge is -2.34. The Hall–Kier alpha value is -2.35. The number of amides is 1. The molecule has 2 nitrogen and oxygen atoms in total. The average molecular weight is 289 g/mol. The summed E-state index contributed by atoms with van der Waals surface area (Å²) >= 11 is 0. The first kappa shape index (κ1) is 13.3. The molecular weight excluding hydrogens is 270 g/mol. The molecular formula is C20H19NO. The van der Waals surface area contributed by atoms with Crippen LogP contribution in [0.2, 0.25) is 0 Å². The van der Waals surface area contributed by atoms with Crippen LogP contribution >= 0.6 is 0 Å². The molecule has 110 valence electrons. The molecule has 2 heterocycles. The van der Waals surface area contributed by atoms with Gasteiger partial charge in [0.15, 0.2) is 0 Å². The van der Waals surface area contributed by atoms with Gasteiger partial charge in [-0.3, -0.25) is 4.79 Å². The van der Waals surface area contributed by atoms with Crippen LogP contribution < -0.4 is 0 Å². The first-order chi connectivity index (χ1) is 10.8. The normalized spacial score (nSPS) is 23.3. The molecule has 0 N–H and O–H groups in total. The second-order valence-electron chi connectivity index (χ2n) is 6.14. The standard InChI is InChI=1S/C20H19NO/c22-20(16-9-5-2-6-10-16)21-18-11-12-19(21)14-17(13-18)15-7-3-1-4-8-15/h1-10,13,18-19H,11-12,14H2. The van der Waals surface area contributed by atoms with Gasteiger partial charge in [-0.1, -0.05) is 54.6 Å². The van der Waals surface area contributed by atoms with Crippen LogP contribution in [0.25, 0.3) is 5.57 Å². The van der Waals surface area contributed by atoms with E-state index >= 15 is 0 Å². The van der Waals surface area contributed by atoms with Crippen molar-refractivity contribution >= 4 is 11.5 Å². The highest BCUT2D eigenvalue weighted by Crippen LogP contribution is 2.39. The second-order valence-corrected chi connectivity index (χ2v) is 6.14. The Morgan fingerprint density at radius 3 is 2.27 bits per heavy atom. The summed E-state index contributed by atoms with van der Waals surface area (Å²) in [5.41, 5.74) is 3.49. The highest BCUT2D eigenvalue weighted by molar-refractivity contribution is 5.95. The monoisotopic (exact) mass is 289 g/mol. The Morgan fingerprint density at radius 1 is 0.909 bits per heavy atom. The van der Waals surface area contributed by atoms with Crippen molar-refractivity contribution in [1.82, 2.24) is 4.90 Å². The summed E-state index contributed by atoms with van der Waals surface area (Å²) < 4.78 is 0. The maximum Gasteiger partial charge on any atom is 0.254 e. The largest absolute Gasteiger partial charge is 0.329 e. The minimum atomic E-state index is 0.177. The second kappa shape index (κ2) is 5.45. The number of hydrogen-bond donors (Lipinski definition) is 0. The number of benzene rings is 2. The maximum atomic E-state index is 12.8. The van der Waals surface area contributed by atoms with Gasteiger partial charge in [0.25, 0.3) is 5.91 Å². The Labute approximate surface area is 131 Å². The quantitative estimate of drug-likeness (QED) is 0.813. The molecule has 2 aliphatic rings. The van der Waals surface area contributed by atoms with E-state index in [-0.39, 0.29) is 11.9 Å². The average Bonchev–Trinajstić information content (AvgIpc) is 2.85. The Morgan fingerprint density at radius 2 is 1.59 bits per heavy atom. The summed E-state index contributed by atoms with van der Waals surface area (Å²) in [5.74, 6) is 0.177. The molecule has 1 fully saturated rings. The minimum absolute atomic E-state index is 0.177. The summed E-state index contributed by atoms with van der Waals surface area (Å²) in [6, 6.07) is 20.8. The Balaban J connectivity index is 1.63. The molecule has 2 aromatic carbocycles. The topological polar surface area (TPSA) is 20.3 Å². The fraction of sp³-hybridized carbons (Fsp3) is 0.250. The molecule has 0 saturated carbocycles. The molecule has 0 aliphatic carbocycles. The number of hydrogen-bond acceptors (Lipinski definition) is 1. The summed E-state index contributed by atoms with van der Waals surface area (Å²) in [4.78, 5) is 14.9.